The van der Waals surface area contributed by atoms with Crippen molar-refractivity contribution in [3.63, 3.8) is 0 Å². The summed E-state index contributed by atoms with van der Waals surface area (Å²) in [6.45, 7) is 20.5. The Morgan fingerprint density at radius 2 is 0.900 bits per heavy atom. The summed E-state index contributed by atoms with van der Waals surface area (Å²) in [6, 6.07) is 6.41. The fraction of sp³-hybridized carbons (Fsp3) is 0.803. The minimum absolute atomic E-state index is 0.291. The molecule has 1 aromatic carbocycles. The van der Waals surface area contributed by atoms with Crippen LogP contribution >= 0.6 is 0 Å². The third-order valence-electron chi connectivity index (χ3n) is 12.4. The molecular formula is C61H111N3O6. The third kappa shape index (κ3) is 42.5. The Morgan fingerprint density at radius 1 is 0.486 bits per heavy atom. The molecule has 0 aliphatic rings. The molecule has 0 heterocycles. The Morgan fingerprint density at radius 3 is 1.36 bits per heavy atom. The van der Waals surface area contributed by atoms with Crippen molar-refractivity contribution in [2.75, 3.05) is 39.4 Å². The minimum atomic E-state index is -0.563. The van der Waals surface area contributed by atoms with Gasteiger partial charge in [-0.15, -0.1) is 0 Å². The average molecular weight is 983 g/mol. The average Bonchev–Trinajstić information content (AvgIpc) is 3.30. The number of carbonyl (C=O) groups excluding carboxylic acids is 2. The van der Waals surface area contributed by atoms with Crippen LogP contribution in [0.4, 0.5) is 9.59 Å². The van der Waals surface area contributed by atoms with E-state index in [0.29, 0.717) is 32.8 Å². The summed E-state index contributed by atoms with van der Waals surface area (Å²) in [4.78, 5) is 26.9. The zero-order valence-electron chi connectivity index (χ0n) is 47.0. The summed E-state index contributed by atoms with van der Waals surface area (Å²) in [5, 5.41) is 6.42. The van der Waals surface area contributed by atoms with Crippen molar-refractivity contribution < 1.29 is 28.5 Å². The summed E-state index contributed by atoms with van der Waals surface area (Å²) in [5.74, 6) is 1.70. The normalized spacial score (nSPS) is 12.0. The molecule has 1 aromatic rings. The van der Waals surface area contributed by atoms with Crippen molar-refractivity contribution in [1.29, 1.82) is 0 Å². The molecule has 0 atom stereocenters. The zero-order valence-corrected chi connectivity index (χ0v) is 47.0. The van der Waals surface area contributed by atoms with Gasteiger partial charge in [-0.25, -0.2) is 9.59 Å². The molecule has 0 radical (unpaired) electrons. The lowest BCUT2D eigenvalue weighted by Crippen LogP contribution is -2.38. The van der Waals surface area contributed by atoms with Crippen LogP contribution in [0.1, 0.15) is 266 Å². The van der Waals surface area contributed by atoms with Crippen LogP contribution in [0.3, 0.4) is 0 Å². The first-order valence-corrected chi connectivity index (χ1v) is 29.2. The molecule has 406 valence electrons. The number of unbranched alkanes of at least 4 members (excludes halogenated alkanes) is 26. The van der Waals surface area contributed by atoms with Crippen molar-refractivity contribution >= 4 is 12.2 Å². The topological polar surface area (TPSA) is 98.4 Å². The van der Waals surface area contributed by atoms with E-state index >= 15 is 0 Å². The van der Waals surface area contributed by atoms with Gasteiger partial charge in [-0.05, 0) is 156 Å². The van der Waals surface area contributed by atoms with E-state index in [1.165, 1.54) is 173 Å². The molecule has 0 saturated carbocycles. The second kappa shape index (κ2) is 44.5. The zero-order chi connectivity index (χ0) is 51.2. The molecule has 9 nitrogen and oxygen atoms in total. The number of hydrogen-bond donors (Lipinski definition) is 2. The molecule has 0 saturated heterocycles. The van der Waals surface area contributed by atoms with Gasteiger partial charge in [0.25, 0.3) is 0 Å². The van der Waals surface area contributed by atoms with Crippen molar-refractivity contribution in [3.8, 4) is 11.5 Å². The lowest BCUT2D eigenvalue weighted by atomic mass is 10.1. The number of amides is 2. The standard InChI is InChI=1S/C61H111N3O6/c1-9-11-13-15-17-19-21-23-25-27-29-31-33-35-37-43-51-67-56-46-45-55(53-57(56)68-52-44-38-36-34-32-30-28-26-24-22-20-18-16-14-12-10-2)54-62-47-39-41-49-64(59(66)70-61(6,7)8)50-42-40-48-63-58(65)69-60(3,4)5/h23-26,45-46,53,62H,9-22,27-44,47-52,54H2,1-8H3,(H,63,65)/b25-23-,26-24-. The van der Waals surface area contributed by atoms with Crippen molar-refractivity contribution in [3.05, 3.63) is 48.1 Å². The number of nitrogens with one attached hydrogen (secondary N) is 2. The van der Waals surface area contributed by atoms with Crippen LogP contribution in [0, 0.1) is 0 Å². The highest BCUT2D eigenvalue weighted by atomic mass is 16.6. The highest BCUT2D eigenvalue weighted by Gasteiger charge is 2.22. The van der Waals surface area contributed by atoms with Gasteiger partial charge in [0.1, 0.15) is 11.2 Å². The van der Waals surface area contributed by atoms with E-state index in [2.05, 4.69) is 67.0 Å². The van der Waals surface area contributed by atoms with E-state index in [-0.39, 0.29) is 6.09 Å². The van der Waals surface area contributed by atoms with Crippen molar-refractivity contribution in [1.82, 2.24) is 15.5 Å². The maximum atomic E-state index is 13.1. The van der Waals surface area contributed by atoms with E-state index in [4.69, 9.17) is 18.9 Å². The molecule has 0 aromatic heterocycles. The van der Waals surface area contributed by atoms with E-state index < -0.39 is 17.3 Å². The predicted molar refractivity (Wildman–Crippen MR) is 299 cm³/mol. The van der Waals surface area contributed by atoms with Gasteiger partial charge in [0, 0.05) is 26.2 Å². The Balaban J connectivity index is 2.55. The maximum Gasteiger partial charge on any atom is 0.410 e. The van der Waals surface area contributed by atoms with Crippen LogP contribution in [0.2, 0.25) is 0 Å². The van der Waals surface area contributed by atoms with E-state index in [1.54, 1.807) is 4.90 Å². The molecule has 0 spiro atoms. The quantitative estimate of drug-likeness (QED) is 0.0496. The molecule has 0 unspecified atom stereocenters. The fourth-order valence-corrected chi connectivity index (χ4v) is 8.30. The lowest BCUT2D eigenvalue weighted by molar-refractivity contribution is 0.0242. The van der Waals surface area contributed by atoms with Crippen LogP contribution in [-0.4, -0.2) is 67.7 Å². The second-order valence-corrected chi connectivity index (χ2v) is 21.8. The van der Waals surface area contributed by atoms with Crippen molar-refractivity contribution in [2.45, 2.75) is 279 Å². The van der Waals surface area contributed by atoms with Gasteiger partial charge in [0.05, 0.1) is 13.2 Å². The molecule has 2 amide bonds. The van der Waals surface area contributed by atoms with Gasteiger partial charge in [-0.1, -0.05) is 160 Å². The first-order chi connectivity index (χ1) is 33.8. The number of ether oxygens (including phenoxy) is 4. The van der Waals surface area contributed by atoms with E-state index in [0.717, 1.165) is 63.1 Å². The molecule has 0 bridgehead atoms. The van der Waals surface area contributed by atoms with E-state index in [9.17, 15) is 9.59 Å². The first-order valence-electron chi connectivity index (χ1n) is 29.2. The Labute approximate surface area is 432 Å². The summed E-state index contributed by atoms with van der Waals surface area (Å²) in [7, 11) is 0. The van der Waals surface area contributed by atoms with Gasteiger partial charge >= 0.3 is 12.2 Å². The number of benzene rings is 1. The van der Waals surface area contributed by atoms with Crippen molar-refractivity contribution in [2.24, 2.45) is 0 Å². The number of rotatable bonds is 46. The molecular weight excluding hydrogens is 871 g/mol. The van der Waals surface area contributed by atoms with Crippen LogP contribution in [-0.2, 0) is 16.0 Å². The number of alkyl carbamates (subject to hydrolysis) is 1. The Bertz CT molecular complexity index is 1430. The largest absolute Gasteiger partial charge is 0.490 e. The molecule has 70 heavy (non-hydrogen) atoms. The molecule has 1 rings (SSSR count). The molecule has 0 fully saturated rings. The predicted octanol–water partition coefficient (Wildman–Crippen LogP) is 17.9. The molecule has 0 aliphatic heterocycles. The van der Waals surface area contributed by atoms with Gasteiger partial charge in [0.2, 0.25) is 0 Å². The van der Waals surface area contributed by atoms with Crippen LogP contribution < -0.4 is 20.1 Å². The van der Waals surface area contributed by atoms with Gasteiger partial charge in [0.15, 0.2) is 11.5 Å². The van der Waals surface area contributed by atoms with Gasteiger partial charge in [-0.3, -0.25) is 0 Å². The second-order valence-electron chi connectivity index (χ2n) is 21.8. The maximum absolute atomic E-state index is 13.1. The number of allylic oxidation sites excluding steroid dienone is 4. The van der Waals surface area contributed by atoms with Crippen LogP contribution in [0.25, 0.3) is 0 Å². The number of nitrogens with zero attached hydrogens (tertiary/aromatic N) is 1. The summed E-state index contributed by atoms with van der Waals surface area (Å²) < 4.78 is 23.9. The van der Waals surface area contributed by atoms with Gasteiger partial charge in [-0.2, -0.15) is 0 Å². The molecule has 0 aliphatic carbocycles. The monoisotopic (exact) mass is 982 g/mol. The smallest absolute Gasteiger partial charge is 0.410 e. The first kappa shape index (κ1) is 64.8. The third-order valence-corrected chi connectivity index (χ3v) is 12.4. The summed E-state index contributed by atoms with van der Waals surface area (Å²) >= 11 is 0. The fourth-order valence-electron chi connectivity index (χ4n) is 8.30. The van der Waals surface area contributed by atoms with Gasteiger partial charge < -0.3 is 34.5 Å². The number of carbonyl (C=O) groups is 2. The van der Waals surface area contributed by atoms with Crippen LogP contribution in [0.5, 0.6) is 11.5 Å². The highest BCUT2D eigenvalue weighted by Crippen LogP contribution is 2.29. The Hall–Kier alpha value is -3.20. The SMILES string of the molecule is CCCCCCCC/C=C\CCCCCCCCOc1ccc(CNCCCCN(CCCCNC(=O)OC(C)(C)C)C(=O)OC(C)(C)C)cc1OCCCCCCCC/C=C\CCCCCCCC. The molecule has 9 heteroatoms. The summed E-state index contributed by atoms with van der Waals surface area (Å²) in [5.41, 5.74) is 0.0822. The molecule has 2 N–H and O–H groups in total. The van der Waals surface area contributed by atoms with Crippen LogP contribution in [0.15, 0.2) is 42.5 Å². The minimum Gasteiger partial charge on any atom is -0.490 e. The van der Waals surface area contributed by atoms with E-state index in [1.807, 2.05) is 41.5 Å². The highest BCUT2D eigenvalue weighted by molar-refractivity contribution is 5.68. The number of hydrogen-bond acceptors (Lipinski definition) is 7. The summed E-state index contributed by atoms with van der Waals surface area (Å²) in [6.07, 6.45) is 48.5. The Kier molecular flexibility index (Phi) is 41.2. The lowest BCUT2D eigenvalue weighted by Gasteiger charge is -2.27.